The maximum Gasteiger partial charge on any atom is 0.288 e. The van der Waals surface area contributed by atoms with E-state index in [9.17, 15) is 4.79 Å². The lowest BCUT2D eigenvalue weighted by Gasteiger charge is -2.21. The van der Waals surface area contributed by atoms with Gasteiger partial charge in [0.2, 0.25) is 5.82 Å². The fourth-order valence-electron chi connectivity index (χ4n) is 2.58. The van der Waals surface area contributed by atoms with Gasteiger partial charge in [0.25, 0.3) is 5.91 Å². The Morgan fingerprint density at radius 2 is 1.90 bits per heavy atom. The van der Waals surface area contributed by atoms with Gasteiger partial charge in [0.1, 0.15) is 0 Å². The summed E-state index contributed by atoms with van der Waals surface area (Å²) in [7, 11) is 0. The van der Waals surface area contributed by atoms with E-state index in [1.54, 1.807) is 0 Å². The molecule has 0 radical (unpaired) electrons. The Balaban J connectivity index is 1.68. The quantitative estimate of drug-likeness (QED) is 0.900. The molecule has 1 heterocycles. The number of H-pyrrole nitrogens is 1. The van der Waals surface area contributed by atoms with Crippen molar-refractivity contribution >= 4 is 5.91 Å². The van der Waals surface area contributed by atoms with E-state index in [0.29, 0.717) is 5.82 Å². The third kappa shape index (κ3) is 2.87. The number of amides is 1. The molecule has 3 rings (SSSR count). The van der Waals surface area contributed by atoms with Crippen LogP contribution in [0, 0.1) is 0 Å². The molecule has 1 saturated carbocycles. The van der Waals surface area contributed by atoms with E-state index in [-0.39, 0.29) is 17.8 Å². The largest absolute Gasteiger partial charge is 0.347 e. The van der Waals surface area contributed by atoms with Gasteiger partial charge < -0.3 is 5.32 Å². The number of rotatable bonds is 3. The average Bonchev–Trinajstić information content (AvgIpc) is 2.99. The monoisotopic (exact) mass is 270 g/mol. The highest BCUT2D eigenvalue weighted by Gasteiger charge is 2.19. The van der Waals surface area contributed by atoms with Gasteiger partial charge >= 0.3 is 0 Å². The first-order valence-corrected chi connectivity index (χ1v) is 7.11. The highest BCUT2D eigenvalue weighted by molar-refractivity contribution is 5.91. The van der Waals surface area contributed by atoms with Crippen molar-refractivity contribution in [1.29, 1.82) is 0 Å². The summed E-state index contributed by atoms with van der Waals surface area (Å²) in [5.74, 6) is 0.681. The van der Waals surface area contributed by atoms with Gasteiger partial charge in [-0.05, 0) is 12.8 Å². The second-order valence-electron chi connectivity index (χ2n) is 5.18. The van der Waals surface area contributed by atoms with Crippen LogP contribution in [-0.2, 0) is 0 Å². The van der Waals surface area contributed by atoms with Crippen LogP contribution >= 0.6 is 0 Å². The number of aromatic nitrogens is 3. The van der Waals surface area contributed by atoms with Gasteiger partial charge in [0.15, 0.2) is 5.82 Å². The Morgan fingerprint density at radius 3 is 2.65 bits per heavy atom. The Bertz CT molecular complexity index is 573. The first-order valence-electron chi connectivity index (χ1n) is 7.11. The summed E-state index contributed by atoms with van der Waals surface area (Å²) < 4.78 is 0. The molecule has 1 aliphatic carbocycles. The van der Waals surface area contributed by atoms with E-state index in [0.717, 1.165) is 18.4 Å². The van der Waals surface area contributed by atoms with Crippen LogP contribution in [0.2, 0.25) is 0 Å². The fraction of sp³-hybridized carbons (Fsp3) is 0.400. The van der Waals surface area contributed by atoms with Gasteiger partial charge in [-0.25, -0.2) is 4.98 Å². The Morgan fingerprint density at radius 1 is 1.15 bits per heavy atom. The van der Waals surface area contributed by atoms with Gasteiger partial charge in [-0.2, -0.15) is 5.10 Å². The molecule has 2 aromatic rings. The molecule has 0 spiro atoms. The molecule has 1 aromatic heterocycles. The summed E-state index contributed by atoms with van der Waals surface area (Å²) in [4.78, 5) is 16.4. The molecule has 0 atom stereocenters. The van der Waals surface area contributed by atoms with E-state index in [4.69, 9.17) is 0 Å². The van der Waals surface area contributed by atoms with E-state index in [1.807, 2.05) is 30.3 Å². The highest BCUT2D eigenvalue weighted by Crippen LogP contribution is 2.18. The van der Waals surface area contributed by atoms with Gasteiger partial charge in [-0.15, -0.1) is 0 Å². The topological polar surface area (TPSA) is 70.7 Å². The smallest absolute Gasteiger partial charge is 0.288 e. The third-order valence-corrected chi connectivity index (χ3v) is 3.67. The van der Waals surface area contributed by atoms with Crippen molar-refractivity contribution in [2.45, 2.75) is 38.1 Å². The lowest BCUT2D eigenvalue weighted by atomic mass is 9.95. The number of nitrogens with one attached hydrogen (secondary N) is 2. The van der Waals surface area contributed by atoms with E-state index in [1.165, 1.54) is 19.3 Å². The van der Waals surface area contributed by atoms with Crippen LogP contribution in [0.1, 0.15) is 42.7 Å². The second kappa shape index (κ2) is 5.86. The number of nitrogens with zero attached hydrogens (tertiary/aromatic N) is 2. The van der Waals surface area contributed by atoms with Crippen molar-refractivity contribution in [2.24, 2.45) is 0 Å². The minimum Gasteiger partial charge on any atom is -0.347 e. The van der Waals surface area contributed by atoms with E-state index < -0.39 is 0 Å². The lowest BCUT2D eigenvalue weighted by molar-refractivity contribution is 0.0917. The predicted molar refractivity (Wildman–Crippen MR) is 76.2 cm³/mol. The average molecular weight is 270 g/mol. The summed E-state index contributed by atoms with van der Waals surface area (Å²) in [6.07, 6.45) is 5.77. The Kier molecular flexibility index (Phi) is 3.76. The van der Waals surface area contributed by atoms with Gasteiger partial charge in [0.05, 0.1) is 0 Å². The van der Waals surface area contributed by atoms with Gasteiger partial charge in [0, 0.05) is 11.6 Å². The maximum atomic E-state index is 12.1. The number of hydrogen-bond donors (Lipinski definition) is 2. The van der Waals surface area contributed by atoms with Gasteiger partial charge in [-0.1, -0.05) is 49.6 Å². The number of aromatic amines is 1. The first-order chi connectivity index (χ1) is 9.83. The van der Waals surface area contributed by atoms with Crippen molar-refractivity contribution in [2.75, 3.05) is 0 Å². The molecule has 104 valence electrons. The zero-order valence-electron chi connectivity index (χ0n) is 11.3. The number of carbonyl (C=O) groups excluding carboxylic acids is 1. The summed E-state index contributed by atoms with van der Waals surface area (Å²) in [5, 5.41) is 9.85. The second-order valence-corrected chi connectivity index (χ2v) is 5.18. The SMILES string of the molecule is O=C(NC1CCCCC1)c1nc(-c2ccccc2)n[nH]1. The molecule has 0 aliphatic heterocycles. The molecule has 0 bridgehead atoms. The Hall–Kier alpha value is -2.17. The molecule has 1 aliphatic rings. The normalized spacial score (nSPS) is 16.0. The predicted octanol–water partition coefficient (Wildman–Crippen LogP) is 2.53. The number of carbonyl (C=O) groups is 1. The van der Waals surface area contributed by atoms with Crippen LogP contribution in [-0.4, -0.2) is 27.1 Å². The molecule has 5 nitrogen and oxygen atoms in total. The van der Waals surface area contributed by atoms with Crippen molar-refractivity contribution in [3.8, 4) is 11.4 Å². The molecule has 0 saturated heterocycles. The minimum absolute atomic E-state index is 0.161. The van der Waals surface area contributed by atoms with E-state index in [2.05, 4.69) is 20.5 Å². The van der Waals surface area contributed by atoms with Crippen LogP contribution in [0.15, 0.2) is 30.3 Å². The molecule has 2 N–H and O–H groups in total. The van der Waals surface area contributed by atoms with Crippen molar-refractivity contribution in [1.82, 2.24) is 20.5 Å². The maximum absolute atomic E-state index is 12.1. The van der Waals surface area contributed by atoms with Crippen molar-refractivity contribution in [3.63, 3.8) is 0 Å². The minimum atomic E-state index is -0.161. The molecule has 20 heavy (non-hydrogen) atoms. The summed E-state index contributed by atoms with van der Waals surface area (Å²) in [6.45, 7) is 0. The van der Waals surface area contributed by atoms with Crippen molar-refractivity contribution in [3.05, 3.63) is 36.2 Å². The molecule has 1 fully saturated rings. The molecule has 1 aromatic carbocycles. The third-order valence-electron chi connectivity index (χ3n) is 3.67. The zero-order valence-corrected chi connectivity index (χ0v) is 11.3. The fourth-order valence-corrected chi connectivity index (χ4v) is 2.58. The summed E-state index contributed by atoms with van der Waals surface area (Å²) in [6, 6.07) is 9.91. The Labute approximate surface area is 117 Å². The van der Waals surface area contributed by atoms with Crippen LogP contribution < -0.4 is 5.32 Å². The molecule has 5 heteroatoms. The zero-order chi connectivity index (χ0) is 13.8. The van der Waals surface area contributed by atoms with Crippen LogP contribution in [0.4, 0.5) is 0 Å². The molecular weight excluding hydrogens is 252 g/mol. The van der Waals surface area contributed by atoms with Crippen LogP contribution in [0.25, 0.3) is 11.4 Å². The standard InChI is InChI=1S/C15H18N4O/c20-15(16-12-9-5-2-6-10-12)14-17-13(18-19-14)11-7-3-1-4-8-11/h1,3-4,7-8,12H,2,5-6,9-10H2,(H,16,20)(H,17,18,19). The molecule has 1 amide bonds. The van der Waals surface area contributed by atoms with E-state index >= 15 is 0 Å². The van der Waals surface area contributed by atoms with Gasteiger partial charge in [-0.3, -0.25) is 9.89 Å². The summed E-state index contributed by atoms with van der Waals surface area (Å²) in [5.41, 5.74) is 0.903. The molecule has 0 unspecified atom stereocenters. The summed E-state index contributed by atoms with van der Waals surface area (Å²) >= 11 is 0. The lowest BCUT2D eigenvalue weighted by Crippen LogP contribution is -2.36. The van der Waals surface area contributed by atoms with Crippen molar-refractivity contribution < 1.29 is 4.79 Å². The first kappa shape index (κ1) is 12.8. The number of hydrogen-bond acceptors (Lipinski definition) is 3. The number of benzene rings is 1. The highest BCUT2D eigenvalue weighted by atomic mass is 16.2. The van der Waals surface area contributed by atoms with Crippen LogP contribution in [0.3, 0.4) is 0 Å². The van der Waals surface area contributed by atoms with Crippen LogP contribution in [0.5, 0.6) is 0 Å². The molecular formula is C15H18N4O.